The van der Waals surface area contributed by atoms with Crippen LogP contribution in [0.5, 0.6) is 5.75 Å². The predicted molar refractivity (Wildman–Crippen MR) is 128 cm³/mol. The summed E-state index contributed by atoms with van der Waals surface area (Å²) in [5.41, 5.74) is 0. The zero-order chi connectivity index (χ0) is 22.6. The van der Waals surface area contributed by atoms with E-state index in [0.29, 0.717) is 30.2 Å². The van der Waals surface area contributed by atoms with Crippen molar-refractivity contribution in [1.82, 2.24) is 0 Å². The smallest absolute Gasteiger partial charge is 0.303 e. The van der Waals surface area contributed by atoms with Crippen molar-refractivity contribution in [2.75, 3.05) is 6.61 Å². The van der Waals surface area contributed by atoms with Crippen LogP contribution in [0.1, 0.15) is 44.9 Å². The molecule has 1 saturated carbocycles. The Morgan fingerprint density at radius 1 is 1.29 bits per heavy atom. The van der Waals surface area contributed by atoms with Gasteiger partial charge < -0.3 is 24.0 Å². The van der Waals surface area contributed by atoms with Crippen LogP contribution in [0.25, 0.3) is 0 Å². The van der Waals surface area contributed by atoms with Gasteiger partial charge in [-0.3, -0.25) is 4.79 Å². The molecule has 6 nitrogen and oxygen atoms in total. The lowest BCUT2D eigenvalue weighted by Gasteiger charge is -2.26. The van der Waals surface area contributed by atoms with E-state index in [0.717, 1.165) is 25.7 Å². The molecule has 0 amide bonds. The first kappa shape index (κ1) is 26.5. The minimum atomic E-state index is -0.773. The van der Waals surface area contributed by atoms with E-state index in [1.165, 1.54) is 0 Å². The van der Waals surface area contributed by atoms with Gasteiger partial charge in [-0.15, -0.1) is 0 Å². The second kappa shape index (κ2) is 14.4. The maximum absolute atomic E-state index is 10.6. The molecule has 0 radical (unpaired) electrons. The van der Waals surface area contributed by atoms with Crippen molar-refractivity contribution in [3.8, 4) is 5.75 Å². The van der Waals surface area contributed by atoms with Crippen molar-refractivity contribution in [1.29, 1.82) is 0 Å². The molecule has 1 fully saturated rings. The number of allylic oxidation sites excluding steroid dienone is 2. The van der Waals surface area contributed by atoms with Crippen molar-refractivity contribution >= 4 is 36.5 Å². The van der Waals surface area contributed by atoms with Gasteiger partial charge in [0.15, 0.2) is 0 Å². The fourth-order valence-corrected chi connectivity index (χ4v) is 4.80. The van der Waals surface area contributed by atoms with Crippen LogP contribution in [0.4, 0.5) is 0 Å². The number of hydrogen-bond donors (Lipinski definition) is 2. The minimum absolute atomic E-state index is 0.0237. The summed E-state index contributed by atoms with van der Waals surface area (Å²) in [5.74, 6) is 0.225. The van der Waals surface area contributed by atoms with Gasteiger partial charge in [0.1, 0.15) is 12.4 Å². The molecule has 0 saturated heterocycles. The highest BCUT2D eigenvalue weighted by Crippen LogP contribution is 2.41. The molecule has 0 aliphatic heterocycles. The molecule has 7 atom stereocenters. The summed E-state index contributed by atoms with van der Waals surface area (Å²) in [6.45, 7) is 0.402. The van der Waals surface area contributed by atoms with Gasteiger partial charge in [-0.25, -0.2) is 0 Å². The molecule has 1 aromatic rings. The fraction of sp³-hybridized carbons (Fsp3) is 0.591. The lowest BCUT2D eigenvalue weighted by atomic mass is 9.86. The summed E-state index contributed by atoms with van der Waals surface area (Å²) in [5, 5.41) is 19.9. The van der Waals surface area contributed by atoms with Crippen LogP contribution in [-0.2, 0) is 13.8 Å². The number of unbranched alkanes of at least 4 members (excludes halogenated alkanes) is 1. The Kier molecular flexibility index (Phi) is 12.3. The first-order chi connectivity index (χ1) is 14.9. The third kappa shape index (κ3) is 9.34. The highest BCUT2D eigenvalue weighted by atomic mass is 35.5. The van der Waals surface area contributed by atoms with E-state index in [4.69, 9.17) is 30.5 Å². The van der Waals surface area contributed by atoms with Crippen LogP contribution in [-0.4, -0.2) is 41.1 Å². The Morgan fingerprint density at radius 3 is 2.77 bits per heavy atom. The quantitative estimate of drug-likeness (QED) is 0.216. The molecule has 9 heteroatoms. The van der Waals surface area contributed by atoms with Crippen LogP contribution in [0, 0.1) is 11.8 Å². The van der Waals surface area contributed by atoms with Gasteiger partial charge in [0.25, 0.3) is 0 Å². The van der Waals surface area contributed by atoms with Crippen molar-refractivity contribution < 1.29 is 28.8 Å². The molecule has 174 valence electrons. The average molecular weight is 491 g/mol. The SMILES string of the molecule is O=C(O)CCC/C=C/CC1C(O)CC(OP)C1CCC(COc1cccc(Cl)c1)OP. The Morgan fingerprint density at radius 2 is 2.10 bits per heavy atom. The number of hydrogen-bond acceptors (Lipinski definition) is 5. The maximum Gasteiger partial charge on any atom is 0.303 e. The van der Waals surface area contributed by atoms with E-state index >= 15 is 0 Å². The van der Waals surface area contributed by atoms with Crippen LogP contribution in [0.3, 0.4) is 0 Å². The molecule has 0 spiro atoms. The van der Waals surface area contributed by atoms with E-state index in [1.54, 1.807) is 12.1 Å². The van der Waals surface area contributed by atoms with Crippen molar-refractivity contribution in [2.24, 2.45) is 11.8 Å². The fourth-order valence-electron chi connectivity index (χ4n) is 4.09. The molecule has 0 bridgehead atoms. The maximum atomic E-state index is 10.6. The number of halogens is 1. The predicted octanol–water partition coefficient (Wildman–Crippen LogP) is 5.05. The highest BCUT2D eigenvalue weighted by molar-refractivity contribution is 7.10. The number of rotatable bonds is 14. The number of carboxylic acid groups (broad SMARTS) is 1. The molecule has 2 N–H and O–H groups in total. The number of aliphatic hydroxyl groups is 1. The second-order valence-corrected chi connectivity index (χ2v) is 8.88. The van der Waals surface area contributed by atoms with Gasteiger partial charge in [0, 0.05) is 36.8 Å². The second-order valence-electron chi connectivity index (χ2n) is 7.90. The van der Waals surface area contributed by atoms with Crippen molar-refractivity contribution in [3.63, 3.8) is 0 Å². The summed E-state index contributed by atoms with van der Waals surface area (Å²) >= 11 is 6.00. The third-order valence-electron chi connectivity index (χ3n) is 5.75. The molecule has 2 rings (SSSR count). The van der Waals surface area contributed by atoms with Crippen LogP contribution in [0.15, 0.2) is 36.4 Å². The van der Waals surface area contributed by atoms with E-state index in [2.05, 4.69) is 25.0 Å². The molecule has 0 heterocycles. The van der Waals surface area contributed by atoms with E-state index in [9.17, 15) is 9.90 Å². The van der Waals surface area contributed by atoms with Crippen LogP contribution < -0.4 is 4.74 Å². The minimum Gasteiger partial charge on any atom is -0.491 e. The molecule has 7 unspecified atom stereocenters. The monoisotopic (exact) mass is 490 g/mol. The van der Waals surface area contributed by atoms with Crippen molar-refractivity contribution in [2.45, 2.75) is 63.3 Å². The van der Waals surface area contributed by atoms with Gasteiger partial charge in [-0.2, -0.15) is 0 Å². The summed E-state index contributed by atoms with van der Waals surface area (Å²) in [6, 6.07) is 7.27. The van der Waals surface area contributed by atoms with Crippen LogP contribution >= 0.6 is 30.5 Å². The van der Waals surface area contributed by atoms with E-state index in [-0.39, 0.29) is 30.5 Å². The standard InChI is InChI=1S/C22H33ClO6P2/c23-15-6-5-7-16(12-15)27-14-17(28-30)10-11-19-18(20(24)13-21(19)29-31)8-3-1-2-4-9-22(25)26/h1,3,5-7,12,17-21,24H,2,4,8-11,13-14,30-31H2,(H,25,26)/b3-1+. The summed E-state index contributed by atoms with van der Waals surface area (Å²) in [4.78, 5) is 10.6. The number of aliphatic carboxylic acids is 1. The van der Waals surface area contributed by atoms with Gasteiger partial charge in [-0.1, -0.05) is 29.8 Å². The van der Waals surface area contributed by atoms with Crippen molar-refractivity contribution in [3.05, 3.63) is 41.4 Å². The Labute approximate surface area is 194 Å². The largest absolute Gasteiger partial charge is 0.491 e. The number of carboxylic acids is 1. The lowest BCUT2D eigenvalue weighted by Crippen LogP contribution is -2.26. The van der Waals surface area contributed by atoms with Crippen LogP contribution in [0.2, 0.25) is 5.02 Å². The number of aliphatic hydroxyl groups excluding tert-OH is 1. The number of benzene rings is 1. The molecule has 1 aliphatic rings. The molecule has 0 aromatic heterocycles. The molecular weight excluding hydrogens is 458 g/mol. The summed E-state index contributed by atoms with van der Waals surface area (Å²) in [6.07, 6.45) is 8.00. The topological polar surface area (TPSA) is 85.2 Å². The molecule has 1 aliphatic carbocycles. The first-order valence-electron chi connectivity index (χ1n) is 10.6. The zero-order valence-corrected chi connectivity index (χ0v) is 20.6. The van der Waals surface area contributed by atoms with Gasteiger partial charge >= 0.3 is 5.97 Å². The number of ether oxygens (including phenoxy) is 1. The van der Waals surface area contributed by atoms with Gasteiger partial charge in [0.2, 0.25) is 0 Å². The molecule has 1 aromatic carbocycles. The Balaban J connectivity index is 1.85. The summed E-state index contributed by atoms with van der Waals surface area (Å²) in [7, 11) is 4.64. The first-order valence-corrected chi connectivity index (χ1v) is 11.9. The lowest BCUT2D eigenvalue weighted by molar-refractivity contribution is -0.137. The van der Waals surface area contributed by atoms with E-state index < -0.39 is 12.1 Å². The Bertz CT molecular complexity index is 704. The van der Waals surface area contributed by atoms with E-state index in [1.807, 2.05) is 18.2 Å². The van der Waals surface area contributed by atoms with Gasteiger partial charge in [-0.05, 0) is 62.1 Å². The summed E-state index contributed by atoms with van der Waals surface area (Å²) < 4.78 is 16.9. The Hall–Kier alpha value is -0.740. The third-order valence-corrected chi connectivity index (χ3v) is 6.72. The molecule has 31 heavy (non-hydrogen) atoms. The molecular formula is C22H33ClO6P2. The zero-order valence-electron chi connectivity index (χ0n) is 17.6. The highest BCUT2D eigenvalue weighted by Gasteiger charge is 2.41. The number of carbonyl (C=O) groups is 1. The average Bonchev–Trinajstić information content (AvgIpc) is 3.05. The normalized spacial score (nSPS) is 24.5. The van der Waals surface area contributed by atoms with Gasteiger partial charge in [0.05, 0.1) is 18.3 Å².